The third kappa shape index (κ3) is 1.52. The van der Waals surface area contributed by atoms with Gasteiger partial charge in [0.05, 0.1) is 0 Å². The molecule has 2 rings (SSSR count). The molecular formula is C13H12S. The Kier molecular flexibility index (Phi) is 2.53. The zero-order chi connectivity index (χ0) is 9.97. The average Bonchev–Trinajstić information content (AvgIpc) is 2.66. The highest BCUT2D eigenvalue weighted by molar-refractivity contribution is 7.17. The highest BCUT2D eigenvalue weighted by Crippen LogP contribution is 2.25. The average molecular weight is 200 g/mol. The van der Waals surface area contributed by atoms with E-state index in [1.165, 1.54) is 21.2 Å². The molecule has 0 fully saturated rings. The van der Waals surface area contributed by atoms with Gasteiger partial charge in [0.15, 0.2) is 0 Å². The fourth-order valence-corrected chi connectivity index (χ4v) is 2.36. The van der Waals surface area contributed by atoms with Crippen molar-refractivity contribution in [3.63, 3.8) is 0 Å². The molecule has 14 heavy (non-hydrogen) atoms. The number of allylic oxidation sites excluding steroid dienone is 1. The van der Waals surface area contributed by atoms with E-state index in [0.29, 0.717) is 0 Å². The number of hydrogen-bond donors (Lipinski definition) is 0. The van der Waals surface area contributed by atoms with Crippen molar-refractivity contribution in [3.05, 3.63) is 47.5 Å². The molecule has 0 spiro atoms. The van der Waals surface area contributed by atoms with Gasteiger partial charge in [0, 0.05) is 10.3 Å². The minimum Gasteiger partial charge on any atom is -0.144 e. The van der Waals surface area contributed by atoms with Crippen LogP contribution < -0.4 is 0 Å². The number of hydrogen-bond acceptors (Lipinski definition) is 1. The van der Waals surface area contributed by atoms with Gasteiger partial charge in [-0.1, -0.05) is 19.6 Å². The second kappa shape index (κ2) is 3.83. The fraction of sp³-hybridized carbons (Fsp3) is 0.154. The number of benzene rings is 1. The Labute approximate surface area is 88.2 Å². The summed E-state index contributed by atoms with van der Waals surface area (Å²) in [6, 6.07) is 8.68. The first-order valence-corrected chi connectivity index (χ1v) is 5.59. The van der Waals surface area contributed by atoms with Gasteiger partial charge in [0.1, 0.15) is 0 Å². The van der Waals surface area contributed by atoms with Gasteiger partial charge in [0.2, 0.25) is 0 Å². The molecule has 0 nitrogen and oxygen atoms in total. The molecule has 1 heterocycles. The topological polar surface area (TPSA) is 0 Å². The van der Waals surface area contributed by atoms with Crippen LogP contribution in [0.25, 0.3) is 15.7 Å². The lowest BCUT2D eigenvalue weighted by Gasteiger charge is -2.01. The van der Waals surface area contributed by atoms with Crippen molar-refractivity contribution in [1.29, 1.82) is 0 Å². The number of rotatable bonds is 2. The molecule has 2 aromatic rings. The molecule has 0 N–H and O–H groups in total. The van der Waals surface area contributed by atoms with Gasteiger partial charge in [-0.15, -0.1) is 17.1 Å². The second-order valence-electron chi connectivity index (χ2n) is 3.18. The maximum atomic E-state index is 3.72. The third-order valence-electron chi connectivity index (χ3n) is 2.37. The summed E-state index contributed by atoms with van der Waals surface area (Å²) in [6.07, 6.45) is 0.985. The molecule has 0 aliphatic carbocycles. The summed E-state index contributed by atoms with van der Waals surface area (Å²) in [7, 11) is 0. The smallest absolute Gasteiger partial charge is 0.0343 e. The van der Waals surface area contributed by atoms with E-state index in [2.05, 4.69) is 48.9 Å². The molecule has 0 bridgehead atoms. The monoisotopic (exact) mass is 200 g/mol. The van der Waals surface area contributed by atoms with E-state index in [1.807, 2.05) is 0 Å². The first-order chi connectivity index (χ1) is 6.85. The highest BCUT2D eigenvalue weighted by Gasteiger charge is 2.00. The Balaban J connectivity index is 2.58. The first-order valence-electron chi connectivity index (χ1n) is 4.71. The molecule has 70 valence electrons. The van der Waals surface area contributed by atoms with E-state index in [-0.39, 0.29) is 0 Å². The van der Waals surface area contributed by atoms with Gasteiger partial charge >= 0.3 is 0 Å². The largest absolute Gasteiger partial charge is 0.144 e. The van der Waals surface area contributed by atoms with E-state index < -0.39 is 0 Å². The van der Waals surface area contributed by atoms with Crippen LogP contribution >= 0.6 is 11.3 Å². The van der Waals surface area contributed by atoms with E-state index in [0.717, 1.165) is 6.42 Å². The summed E-state index contributed by atoms with van der Waals surface area (Å²) in [5.74, 6) is 0. The maximum Gasteiger partial charge on any atom is 0.0343 e. The SMILES string of the molecule is C=C=C(CC)c1ccc2sccc2c1. The molecule has 1 heteroatoms. The molecular weight excluding hydrogens is 188 g/mol. The van der Waals surface area contributed by atoms with E-state index in [9.17, 15) is 0 Å². The molecule has 0 aliphatic rings. The van der Waals surface area contributed by atoms with Gasteiger partial charge in [-0.2, -0.15) is 0 Å². The van der Waals surface area contributed by atoms with Gasteiger partial charge in [-0.25, -0.2) is 0 Å². The Morgan fingerprint density at radius 1 is 1.43 bits per heavy atom. The van der Waals surface area contributed by atoms with Crippen LogP contribution in [0, 0.1) is 0 Å². The summed E-state index contributed by atoms with van der Waals surface area (Å²) in [6.45, 7) is 5.85. The van der Waals surface area contributed by atoms with Crippen LogP contribution in [0.1, 0.15) is 18.9 Å². The molecule has 1 aromatic carbocycles. The summed E-state index contributed by atoms with van der Waals surface area (Å²) < 4.78 is 1.34. The van der Waals surface area contributed by atoms with Crippen molar-refractivity contribution in [3.8, 4) is 0 Å². The quantitative estimate of drug-likeness (QED) is 0.627. The second-order valence-corrected chi connectivity index (χ2v) is 4.13. The Morgan fingerprint density at radius 2 is 2.29 bits per heavy atom. The number of thiophene rings is 1. The van der Waals surface area contributed by atoms with Crippen LogP contribution in [0.15, 0.2) is 42.0 Å². The summed E-state index contributed by atoms with van der Waals surface area (Å²) >= 11 is 1.78. The Morgan fingerprint density at radius 3 is 3.00 bits per heavy atom. The van der Waals surface area contributed by atoms with Crippen molar-refractivity contribution in [2.24, 2.45) is 0 Å². The van der Waals surface area contributed by atoms with E-state index in [1.54, 1.807) is 11.3 Å². The molecule has 0 unspecified atom stereocenters. The lowest BCUT2D eigenvalue weighted by Crippen LogP contribution is -1.79. The highest BCUT2D eigenvalue weighted by atomic mass is 32.1. The molecule has 0 saturated carbocycles. The maximum absolute atomic E-state index is 3.72. The molecule has 0 atom stereocenters. The standard InChI is InChI=1S/C13H12S/c1-3-10(4-2)11-5-6-13-12(9-11)7-8-14-13/h5-9H,1,4H2,2H3. The first kappa shape index (κ1) is 9.26. The molecule has 0 amide bonds. The summed E-state index contributed by atoms with van der Waals surface area (Å²) in [4.78, 5) is 0. The van der Waals surface area contributed by atoms with Crippen LogP contribution in [0.4, 0.5) is 0 Å². The fourth-order valence-electron chi connectivity index (χ4n) is 1.59. The van der Waals surface area contributed by atoms with Gasteiger partial charge in [-0.3, -0.25) is 0 Å². The van der Waals surface area contributed by atoms with Crippen LogP contribution in [0.5, 0.6) is 0 Å². The van der Waals surface area contributed by atoms with Crippen molar-refractivity contribution in [2.75, 3.05) is 0 Å². The van der Waals surface area contributed by atoms with Crippen molar-refractivity contribution >= 4 is 27.0 Å². The molecule has 0 aliphatic heterocycles. The lowest BCUT2D eigenvalue weighted by atomic mass is 10.0. The van der Waals surface area contributed by atoms with E-state index >= 15 is 0 Å². The van der Waals surface area contributed by atoms with Crippen molar-refractivity contribution in [2.45, 2.75) is 13.3 Å². The molecule has 1 aromatic heterocycles. The van der Waals surface area contributed by atoms with E-state index in [4.69, 9.17) is 0 Å². The normalized spacial score (nSPS) is 10.1. The third-order valence-corrected chi connectivity index (χ3v) is 3.27. The van der Waals surface area contributed by atoms with Gasteiger partial charge < -0.3 is 0 Å². The zero-order valence-corrected chi connectivity index (χ0v) is 9.03. The van der Waals surface area contributed by atoms with Crippen LogP contribution in [-0.2, 0) is 0 Å². The van der Waals surface area contributed by atoms with Crippen molar-refractivity contribution < 1.29 is 0 Å². The van der Waals surface area contributed by atoms with Crippen LogP contribution in [-0.4, -0.2) is 0 Å². The Hall–Kier alpha value is -1.30. The molecule has 0 saturated heterocycles. The zero-order valence-electron chi connectivity index (χ0n) is 8.21. The predicted molar refractivity (Wildman–Crippen MR) is 64.7 cm³/mol. The minimum atomic E-state index is 0.985. The van der Waals surface area contributed by atoms with Gasteiger partial charge in [0.25, 0.3) is 0 Å². The minimum absolute atomic E-state index is 0.985. The number of fused-ring (bicyclic) bond motifs is 1. The summed E-state index contributed by atoms with van der Waals surface area (Å²) in [5.41, 5.74) is 5.43. The predicted octanol–water partition coefficient (Wildman–Crippen LogP) is 4.48. The Bertz CT molecular complexity index is 499. The summed E-state index contributed by atoms with van der Waals surface area (Å²) in [5, 5.41) is 3.44. The van der Waals surface area contributed by atoms with Crippen molar-refractivity contribution in [1.82, 2.24) is 0 Å². The lowest BCUT2D eigenvalue weighted by molar-refractivity contribution is 1.24. The van der Waals surface area contributed by atoms with Gasteiger partial charge in [-0.05, 0) is 40.9 Å². The van der Waals surface area contributed by atoms with Crippen LogP contribution in [0.3, 0.4) is 0 Å². The molecule has 0 radical (unpaired) electrons. The van der Waals surface area contributed by atoms with Crippen LogP contribution in [0.2, 0.25) is 0 Å².